The van der Waals surface area contributed by atoms with Gasteiger partial charge in [0.1, 0.15) is 0 Å². The zero-order chi connectivity index (χ0) is 15.6. The quantitative estimate of drug-likeness (QED) is 0.552. The van der Waals surface area contributed by atoms with Crippen LogP contribution in [-0.2, 0) is 12.8 Å². The molecule has 5 rings (SSSR count). The van der Waals surface area contributed by atoms with Gasteiger partial charge in [0.25, 0.3) is 0 Å². The minimum absolute atomic E-state index is 0.612. The molecule has 0 saturated heterocycles. The standard InChI is InChI=1S/C23H26/c1-15(2)17-4-5-18-12-21-14-23(13-16-3-6-22(23)9-16)8-7-19(21)11-20(18)10-17/h3-5,10-12,15,22H,6-9,13-14H2,1-2H3. The first-order valence-electron chi connectivity index (χ1n) is 9.36. The minimum atomic E-state index is 0.612. The van der Waals surface area contributed by atoms with E-state index in [2.05, 4.69) is 50.3 Å². The van der Waals surface area contributed by atoms with E-state index >= 15 is 0 Å². The third-order valence-electron chi connectivity index (χ3n) is 6.93. The van der Waals surface area contributed by atoms with Gasteiger partial charge in [0.15, 0.2) is 0 Å². The summed E-state index contributed by atoms with van der Waals surface area (Å²) in [5, 5.41) is 2.88. The van der Waals surface area contributed by atoms with E-state index in [1.165, 1.54) is 54.9 Å². The third kappa shape index (κ3) is 2.04. The van der Waals surface area contributed by atoms with Crippen LogP contribution in [0.25, 0.3) is 10.8 Å². The highest BCUT2D eigenvalue weighted by Crippen LogP contribution is 2.58. The normalized spacial score (nSPS) is 28.7. The lowest BCUT2D eigenvalue weighted by Gasteiger charge is -2.40. The van der Waals surface area contributed by atoms with E-state index in [9.17, 15) is 0 Å². The van der Waals surface area contributed by atoms with Gasteiger partial charge >= 0.3 is 0 Å². The molecule has 3 aliphatic carbocycles. The number of hydrogen-bond acceptors (Lipinski definition) is 0. The Morgan fingerprint density at radius 1 is 1.00 bits per heavy atom. The molecule has 0 aliphatic heterocycles. The Hall–Kier alpha value is -1.56. The van der Waals surface area contributed by atoms with Gasteiger partial charge in [-0.3, -0.25) is 0 Å². The molecule has 2 aromatic rings. The maximum absolute atomic E-state index is 2.53. The molecule has 0 heterocycles. The summed E-state index contributed by atoms with van der Waals surface area (Å²) in [4.78, 5) is 0. The fourth-order valence-electron chi connectivity index (χ4n) is 5.52. The third-order valence-corrected chi connectivity index (χ3v) is 6.93. The molecule has 1 saturated carbocycles. The molecule has 2 atom stereocenters. The highest BCUT2D eigenvalue weighted by atomic mass is 14.5. The summed E-state index contributed by atoms with van der Waals surface area (Å²) < 4.78 is 0. The van der Waals surface area contributed by atoms with Crippen LogP contribution in [0.15, 0.2) is 42.0 Å². The first-order valence-corrected chi connectivity index (χ1v) is 9.36. The van der Waals surface area contributed by atoms with Crippen LogP contribution in [0.1, 0.15) is 62.1 Å². The lowest BCUT2D eigenvalue weighted by molar-refractivity contribution is 0.169. The highest BCUT2D eigenvalue weighted by Gasteiger charge is 2.48. The second kappa shape index (κ2) is 4.72. The van der Waals surface area contributed by atoms with E-state index in [4.69, 9.17) is 0 Å². The van der Waals surface area contributed by atoms with Crippen LogP contribution in [0.5, 0.6) is 0 Å². The molecule has 0 aromatic heterocycles. The smallest absolute Gasteiger partial charge is 0.0178 e. The van der Waals surface area contributed by atoms with Gasteiger partial charge in [-0.05, 0) is 83.2 Å². The van der Waals surface area contributed by atoms with Gasteiger partial charge in [0, 0.05) is 0 Å². The fraction of sp³-hybridized carbons (Fsp3) is 0.478. The Balaban J connectivity index is 1.56. The molecule has 23 heavy (non-hydrogen) atoms. The van der Waals surface area contributed by atoms with Gasteiger partial charge in [-0.1, -0.05) is 55.8 Å². The van der Waals surface area contributed by atoms with Gasteiger partial charge in [0.2, 0.25) is 0 Å². The molecule has 1 spiro atoms. The van der Waals surface area contributed by atoms with Crippen molar-refractivity contribution in [2.24, 2.45) is 11.3 Å². The van der Waals surface area contributed by atoms with E-state index in [0.29, 0.717) is 11.3 Å². The molecule has 0 heteroatoms. The van der Waals surface area contributed by atoms with Crippen molar-refractivity contribution in [3.63, 3.8) is 0 Å². The highest BCUT2D eigenvalue weighted by molar-refractivity contribution is 5.85. The first-order chi connectivity index (χ1) is 11.1. The van der Waals surface area contributed by atoms with Crippen molar-refractivity contribution < 1.29 is 0 Å². The topological polar surface area (TPSA) is 0 Å². The van der Waals surface area contributed by atoms with Crippen molar-refractivity contribution in [3.8, 4) is 0 Å². The molecule has 0 amide bonds. The average molecular weight is 302 g/mol. The number of allylic oxidation sites excluding steroid dienone is 2. The maximum Gasteiger partial charge on any atom is -0.0178 e. The van der Waals surface area contributed by atoms with Gasteiger partial charge < -0.3 is 0 Å². The van der Waals surface area contributed by atoms with Crippen molar-refractivity contribution in [1.82, 2.24) is 0 Å². The molecular formula is C23H26. The lowest BCUT2D eigenvalue weighted by Crippen LogP contribution is -2.33. The Bertz CT molecular complexity index is 823. The zero-order valence-corrected chi connectivity index (χ0v) is 14.4. The number of aryl methyl sites for hydroxylation is 1. The van der Waals surface area contributed by atoms with Gasteiger partial charge in [-0.25, -0.2) is 0 Å². The van der Waals surface area contributed by atoms with Crippen molar-refractivity contribution in [2.75, 3.05) is 0 Å². The molecule has 1 fully saturated rings. The summed E-state index contributed by atoms with van der Waals surface area (Å²) in [6.07, 6.45) is 10.7. The van der Waals surface area contributed by atoms with E-state index < -0.39 is 0 Å². The number of fused-ring (bicyclic) bond motifs is 5. The van der Waals surface area contributed by atoms with Crippen molar-refractivity contribution >= 4 is 10.8 Å². The zero-order valence-electron chi connectivity index (χ0n) is 14.4. The Labute approximate surface area is 139 Å². The summed E-state index contributed by atoms with van der Waals surface area (Å²) in [5.74, 6) is 1.56. The molecule has 0 nitrogen and oxygen atoms in total. The van der Waals surface area contributed by atoms with Crippen LogP contribution in [0.4, 0.5) is 0 Å². The Morgan fingerprint density at radius 2 is 1.87 bits per heavy atom. The largest absolute Gasteiger partial charge is 0.0850 e. The Kier molecular flexibility index (Phi) is 2.84. The first kappa shape index (κ1) is 13.8. The summed E-state index contributed by atoms with van der Waals surface area (Å²) >= 11 is 0. The van der Waals surface area contributed by atoms with Crippen LogP contribution >= 0.6 is 0 Å². The van der Waals surface area contributed by atoms with Gasteiger partial charge in [0.05, 0.1) is 0 Å². The number of benzene rings is 2. The van der Waals surface area contributed by atoms with Crippen LogP contribution in [0.2, 0.25) is 0 Å². The molecular weight excluding hydrogens is 276 g/mol. The molecule has 0 radical (unpaired) electrons. The van der Waals surface area contributed by atoms with E-state index in [1.54, 1.807) is 16.7 Å². The van der Waals surface area contributed by atoms with Gasteiger partial charge in [-0.2, -0.15) is 0 Å². The van der Waals surface area contributed by atoms with Crippen LogP contribution in [-0.4, -0.2) is 0 Å². The summed E-state index contributed by atoms with van der Waals surface area (Å²) in [6, 6.07) is 12.1. The SMILES string of the molecule is CC(C)c1ccc2cc3c(cc2c1)CCC1(CC2=CCC1C2)C3. The maximum atomic E-state index is 2.53. The molecule has 2 bridgehead atoms. The van der Waals surface area contributed by atoms with Crippen molar-refractivity contribution in [3.05, 3.63) is 58.7 Å². The van der Waals surface area contributed by atoms with Crippen LogP contribution in [0, 0.1) is 11.3 Å². The second-order valence-corrected chi connectivity index (χ2v) is 8.60. The number of hydrogen-bond donors (Lipinski definition) is 0. The van der Waals surface area contributed by atoms with E-state index in [1.807, 2.05) is 0 Å². The molecule has 3 aliphatic rings. The monoisotopic (exact) mass is 302 g/mol. The molecule has 2 unspecified atom stereocenters. The summed E-state index contributed by atoms with van der Waals surface area (Å²) in [6.45, 7) is 4.57. The van der Waals surface area contributed by atoms with Crippen LogP contribution < -0.4 is 0 Å². The van der Waals surface area contributed by atoms with Crippen molar-refractivity contribution in [2.45, 2.75) is 58.3 Å². The van der Waals surface area contributed by atoms with E-state index in [0.717, 1.165) is 5.92 Å². The number of rotatable bonds is 1. The average Bonchev–Trinajstić information content (AvgIpc) is 3.13. The fourth-order valence-corrected chi connectivity index (χ4v) is 5.52. The molecule has 2 aromatic carbocycles. The van der Waals surface area contributed by atoms with Crippen LogP contribution in [0.3, 0.4) is 0 Å². The van der Waals surface area contributed by atoms with Gasteiger partial charge in [-0.15, -0.1) is 0 Å². The summed E-state index contributed by atoms with van der Waals surface area (Å²) in [5.41, 5.74) is 7.11. The predicted octanol–water partition coefficient (Wildman–Crippen LogP) is 6.18. The minimum Gasteiger partial charge on any atom is -0.0850 e. The summed E-state index contributed by atoms with van der Waals surface area (Å²) in [7, 11) is 0. The molecule has 0 N–H and O–H groups in total. The van der Waals surface area contributed by atoms with E-state index in [-0.39, 0.29) is 0 Å². The predicted molar refractivity (Wildman–Crippen MR) is 97.9 cm³/mol. The second-order valence-electron chi connectivity index (χ2n) is 8.60. The molecule has 118 valence electrons. The van der Waals surface area contributed by atoms with Crippen molar-refractivity contribution in [1.29, 1.82) is 0 Å². The lowest BCUT2D eigenvalue weighted by atomic mass is 9.64. The Morgan fingerprint density at radius 3 is 2.61 bits per heavy atom.